The molecule has 1 aliphatic rings. The molecule has 1 fully saturated rings. The average molecular weight is 604 g/mol. The number of anilines is 2. The molecule has 0 saturated carbocycles. The second-order valence-corrected chi connectivity index (χ2v) is 13.2. The number of nitrogens with zero attached hydrogens (tertiary/aromatic N) is 3. The van der Waals surface area contributed by atoms with Gasteiger partial charge in [-0.3, -0.25) is 4.72 Å². The summed E-state index contributed by atoms with van der Waals surface area (Å²) in [7, 11) is -4.65. The highest BCUT2D eigenvalue weighted by Crippen LogP contribution is 2.42. The third kappa shape index (κ3) is 6.36. The zero-order valence-electron chi connectivity index (χ0n) is 22.5. The lowest BCUT2D eigenvalue weighted by Gasteiger charge is -2.23. The number of hydrogen-bond acceptors (Lipinski definition) is 8. The minimum Gasteiger partial charge on any atom is -0.381 e. The van der Waals surface area contributed by atoms with E-state index in [4.69, 9.17) is 9.72 Å². The smallest absolute Gasteiger partial charge is 0.265 e. The highest BCUT2D eigenvalue weighted by Gasteiger charge is 2.28. The molecule has 2 N–H and O–H groups in total. The summed E-state index contributed by atoms with van der Waals surface area (Å²) in [5, 5.41) is 4.05. The lowest BCUT2D eigenvalue weighted by molar-refractivity contribution is 0.0903. The van der Waals surface area contributed by atoms with Crippen molar-refractivity contribution in [3.63, 3.8) is 0 Å². The quantitative estimate of drug-likeness (QED) is 0.253. The lowest BCUT2D eigenvalue weighted by Crippen LogP contribution is -2.28. The topological polar surface area (TPSA) is 106 Å². The van der Waals surface area contributed by atoms with E-state index >= 15 is 4.39 Å². The van der Waals surface area contributed by atoms with Crippen molar-refractivity contribution in [1.29, 1.82) is 0 Å². The molecule has 5 rings (SSSR count). The van der Waals surface area contributed by atoms with Crippen molar-refractivity contribution in [2.45, 2.75) is 50.0 Å². The van der Waals surface area contributed by atoms with E-state index in [9.17, 15) is 17.2 Å². The first-order chi connectivity index (χ1) is 19.4. The molecule has 216 valence electrons. The summed E-state index contributed by atoms with van der Waals surface area (Å²) >= 11 is 1.35. The van der Waals surface area contributed by atoms with Crippen molar-refractivity contribution in [2.75, 3.05) is 23.3 Å². The molecule has 0 atom stereocenters. The first kappa shape index (κ1) is 29.0. The van der Waals surface area contributed by atoms with Crippen molar-refractivity contribution >= 4 is 33.0 Å². The zero-order chi connectivity index (χ0) is 29.4. The second kappa shape index (κ2) is 11.4. The molecule has 2 aromatic heterocycles. The number of thiazole rings is 1. The zero-order valence-corrected chi connectivity index (χ0v) is 24.2. The predicted molar refractivity (Wildman–Crippen MR) is 152 cm³/mol. The molecule has 3 heterocycles. The van der Waals surface area contributed by atoms with Crippen LogP contribution >= 0.6 is 11.3 Å². The molecule has 0 aliphatic carbocycles. The van der Waals surface area contributed by atoms with Crippen LogP contribution in [-0.2, 0) is 20.2 Å². The van der Waals surface area contributed by atoms with E-state index in [1.807, 2.05) is 20.8 Å². The summed E-state index contributed by atoms with van der Waals surface area (Å²) < 4.78 is 77.1. The summed E-state index contributed by atoms with van der Waals surface area (Å²) in [6.45, 7) is 7.23. The highest BCUT2D eigenvalue weighted by atomic mass is 32.2. The monoisotopic (exact) mass is 603 g/mol. The molecule has 0 unspecified atom stereocenters. The van der Waals surface area contributed by atoms with E-state index in [2.05, 4.69) is 20.0 Å². The van der Waals surface area contributed by atoms with Crippen LogP contribution in [0.4, 0.5) is 24.8 Å². The predicted octanol–water partition coefficient (Wildman–Crippen LogP) is 6.37. The molecule has 8 nitrogen and oxygen atoms in total. The van der Waals surface area contributed by atoms with Gasteiger partial charge in [0, 0.05) is 36.4 Å². The fourth-order valence-corrected chi connectivity index (χ4v) is 6.51. The maximum Gasteiger partial charge on any atom is 0.265 e. The van der Waals surface area contributed by atoms with Crippen molar-refractivity contribution in [3.05, 3.63) is 71.1 Å². The summed E-state index contributed by atoms with van der Waals surface area (Å²) in [5.41, 5.74) is -0.00885. The maximum atomic E-state index is 16.0. The number of benzene rings is 2. The van der Waals surface area contributed by atoms with Gasteiger partial charge in [-0.2, -0.15) is 0 Å². The Hall–Kier alpha value is -3.55. The highest BCUT2D eigenvalue weighted by molar-refractivity contribution is 7.92. The molecule has 0 amide bonds. The number of sulfonamides is 1. The Kier molecular flexibility index (Phi) is 8.04. The molecule has 0 bridgehead atoms. The van der Waals surface area contributed by atoms with Crippen LogP contribution in [0.1, 0.15) is 38.6 Å². The van der Waals surface area contributed by atoms with E-state index in [1.165, 1.54) is 29.5 Å². The van der Waals surface area contributed by atoms with Gasteiger partial charge in [0.1, 0.15) is 16.5 Å². The van der Waals surface area contributed by atoms with Gasteiger partial charge in [-0.15, -0.1) is 11.3 Å². The fraction of sp³-hybridized carbons (Fsp3) is 0.321. The van der Waals surface area contributed by atoms with Crippen molar-refractivity contribution in [3.8, 4) is 21.8 Å². The molecule has 4 aromatic rings. The number of halogens is 3. The van der Waals surface area contributed by atoms with E-state index in [-0.39, 0.29) is 22.7 Å². The van der Waals surface area contributed by atoms with Crippen LogP contribution < -0.4 is 10.0 Å². The molecule has 41 heavy (non-hydrogen) atoms. The Bertz CT molecular complexity index is 1680. The van der Waals surface area contributed by atoms with Crippen molar-refractivity contribution in [2.24, 2.45) is 0 Å². The summed E-state index contributed by atoms with van der Waals surface area (Å²) in [6, 6.07) is 8.02. The Morgan fingerprint density at radius 2 is 1.78 bits per heavy atom. The van der Waals surface area contributed by atoms with E-state index in [1.54, 1.807) is 12.3 Å². The summed E-state index contributed by atoms with van der Waals surface area (Å²) in [4.78, 5) is 13.4. The first-order valence-electron chi connectivity index (χ1n) is 12.9. The van der Waals surface area contributed by atoms with Crippen LogP contribution in [0.25, 0.3) is 21.8 Å². The van der Waals surface area contributed by atoms with E-state index < -0.39 is 38.1 Å². The number of nitrogens with one attached hydrogen (secondary N) is 2. The van der Waals surface area contributed by atoms with Gasteiger partial charge in [0.15, 0.2) is 5.82 Å². The minimum atomic E-state index is -4.65. The first-order valence-corrected chi connectivity index (χ1v) is 15.2. The van der Waals surface area contributed by atoms with Gasteiger partial charge in [-0.1, -0.05) is 26.8 Å². The molecule has 0 spiro atoms. The second-order valence-electron chi connectivity index (χ2n) is 10.6. The van der Waals surface area contributed by atoms with Crippen molar-refractivity contribution in [1.82, 2.24) is 15.0 Å². The van der Waals surface area contributed by atoms with Crippen LogP contribution in [0.15, 0.2) is 53.6 Å². The molecule has 2 aromatic carbocycles. The van der Waals surface area contributed by atoms with Gasteiger partial charge >= 0.3 is 0 Å². The van der Waals surface area contributed by atoms with Crippen LogP contribution in [0.2, 0.25) is 0 Å². The van der Waals surface area contributed by atoms with Gasteiger partial charge in [0.25, 0.3) is 10.0 Å². The molecule has 1 saturated heterocycles. The summed E-state index contributed by atoms with van der Waals surface area (Å²) in [6.07, 6.45) is 3.25. The third-order valence-corrected chi connectivity index (χ3v) is 9.28. The lowest BCUT2D eigenvalue weighted by atomic mass is 9.98. The largest absolute Gasteiger partial charge is 0.381 e. The van der Waals surface area contributed by atoms with Gasteiger partial charge in [-0.25, -0.2) is 36.5 Å². The summed E-state index contributed by atoms with van der Waals surface area (Å²) in [5.74, 6) is -2.61. The molecular weight excluding hydrogens is 575 g/mol. The Labute approximate surface area is 240 Å². The SMILES string of the molecule is CC(C)(C)c1nc(-c2cccc(NS(=O)(=O)c3cc(F)ccc3F)c2F)c(-c2ccnc(NC3CCOCC3)n2)s1. The van der Waals surface area contributed by atoms with Gasteiger partial charge in [0.05, 0.1) is 27.0 Å². The number of aromatic nitrogens is 3. The normalized spacial score (nSPS) is 14.7. The Morgan fingerprint density at radius 1 is 1.02 bits per heavy atom. The van der Waals surface area contributed by atoms with Gasteiger partial charge in [0.2, 0.25) is 5.95 Å². The van der Waals surface area contributed by atoms with Gasteiger partial charge < -0.3 is 10.1 Å². The van der Waals surface area contributed by atoms with Crippen molar-refractivity contribution < 1.29 is 26.3 Å². The van der Waals surface area contributed by atoms with Crippen LogP contribution in [-0.4, -0.2) is 42.6 Å². The van der Waals surface area contributed by atoms with Crippen LogP contribution in [0.5, 0.6) is 0 Å². The van der Waals surface area contributed by atoms with Gasteiger partial charge in [-0.05, 0) is 49.2 Å². The van der Waals surface area contributed by atoms with E-state index in [0.29, 0.717) is 46.9 Å². The molecular formula is C28H28F3N5O3S2. The molecule has 1 aliphatic heterocycles. The number of rotatable bonds is 7. The minimum absolute atomic E-state index is 0.0178. The number of hydrogen-bond donors (Lipinski definition) is 2. The van der Waals surface area contributed by atoms with Crippen LogP contribution in [0.3, 0.4) is 0 Å². The Balaban J connectivity index is 1.55. The number of ether oxygens (including phenoxy) is 1. The third-order valence-electron chi connectivity index (χ3n) is 6.39. The van der Waals surface area contributed by atoms with E-state index in [0.717, 1.165) is 18.9 Å². The molecule has 0 radical (unpaired) electrons. The Morgan fingerprint density at radius 3 is 2.51 bits per heavy atom. The average Bonchev–Trinajstić information content (AvgIpc) is 3.38. The standard InChI is InChI=1S/C28H28F3N5O3S2/c1-28(2,3)26-35-24(25(40-26)21-9-12-32-27(34-21)33-17-10-13-39-14-11-17)18-5-4-6-20(23(18)31)36-41(37,38)22-15-16(29)7-8-19(22)30/h4-9,12,15,17,36H,10-11,13-14H2,1-3H3,(H,32,33,34). The molecule has 13 heteroatoms. The maximum absolute atomic E-state index is 16.0. The fourth-order valence-electron chi connectivity index (χ4n) is 4.25. The van der Waals surface area contributed by atoms with Crippen LogP contribution in [0, 0.1) is 17.5 Å².